The molecule has 150 valence electrons. The van der Waals surface area contributed by atoms with E-state index in [9.17, 15) is 14.0 Å². The van der Waals surface area contributed by atoms with Crippen molar-refractivity contribution in [1.29, 1.82) is 0 Å². The van der Waals surface area contributed by atoms with Crippen LogP contribution in [0, 0.1) is 11.7 Å². The first kappa shape index (κ1) is 21.1. The van der Waals surface area contributed by atoms with Gasteiger partial charge in [-0.15, -0.1) is 11.3 Å². The molecule has 1 aromatic heterocycles. The summed E-state index contributed by atoms with van der Waals surface area (Å²) in [5.74, 6) is -1.66. The standard InChI is InChI=1S/C21H19BrFN3O2S/c22-16-3-1-2-14(9-16)21-26-18(12-29-21)10-19(27)25-11-15(20(24)28)8-13-4-6-17(23)7-5-13/h1-7,9,12,15H,8,10-11H2,(H2,24,28)(H,25,27). The maximum atomic E-state index is 13.0. The molecule has 0 bridgehead atoms. The third-order valence-electron chi connectivity index (χ3n) is 4.31. The first-order valence-corrected chi connectivity index (χ1v) is 10.6. The molecule has 3 N–H and O–H groups in total. The van der Waals surface area contributed by atoms with Gasteiger partial charge in [-0.1, -0.05) is 40.2 Å². The summed E-state index contributed by atoms with van der Waals surface area (Å²) in [5, 5.41) is 5.43. The van der Waals surface area contributed by atoms with Gasteiger partial charge in [-0.25, -0.2) is 9.37 Å². The summed E-state index contributed by atoms with van der Waals surface area (Å²) in [6, 6.07) is 13.7. The Bertz CT molecular complexity index is 1010. The van der Waals surface area contributed by atoms with Gasteiger partial charge in [0, 0.05) is 22.0 Å². The molecule has 3 rings (SSSR count). The van der Waals surface area contributed by atoms with Crippen LogP contribution in [0.15, 0.2) is 58.4 Å². The lowest BCUT2D eigenvalue weighted by molar-refractivity contribution is -0.123. The number of primary amides is 1. The molecule has 2 aromatic carbocycles. The van der Waals surface area contributed by atoms with Crippen LogP contribution in [0.3, 0.4) is 0 Å². The third-order valence-corrected chi connectivity index (χ3v) is 5.74. The highest BCUT2D eigenvalue weighted by atomic mass is 79.9. The summed E-state index contributed by atoms with van der Waals surface area (Å²) in [6.45, 7) is 0.119. The Morgan fingerprint density at radius 2 is 1.97 bits per heavy atom. The summed E-state index contributed by atoms with van der Waals surface area (Å²) in [7, 11) is 0. The number of nitrogens with one attached hydrogen (secondary N) is 1. The van der Waals surface area contributed by atoms with Gasteiger partial charge in [-0.05, 0) is 36.2 Å². The fourth-order valence-electron chi connectivity index (χ4n) is 2.78. The number of halogens is 2. The van der Waals surface area contributed by atoms with E-state index in [1.54, 1.807) is 12.1 Å². The second-order valence-electron chi connectivity index (χ2n) is 6.57. The van der Waals surface area contributed by atoms with Crippen molar-refractivity contribution >= 4 is 39.1 Å². The number of nitrogens with zero attached hydrogens (tertiary/aromatic N) is 1. The van der Waals surface area contributed by atoms with Gasteiger partial charge >= 0.3 is 0 Å². The Labute approximate surface area is 180 Å². The van der Waals surface area contributed by atoms with Gasteiger partial charge < -0.3 is 11.1 Å². The number of hydrogen-bond donors (Lipinski definition) is 2. The van der Waals surface area contributed by atoms with Crippen LogP contribution in [0.25, 0.3) is 10.6 Å². The summed E-state index contributed by atoms with van der Waals surface area (Å²) in [5.41, 5.74) is 7.87. The average Bonchev–Trinajstić information content (AvgIpc) is 3.15. The third kappa shape index (κ3) is 6.20. The number of benzene rings is 2. The number of thiazole rings is 1. The number of nitrogens with two attached hydrogens (primary N) is 1. The lowest BCUT2D eigenvalue weighted by Gasteiger charge is -2.14. The van der Waals surface area contributed by atoms with Crippen LogP contribution in [0.4, 0.5) is 4.39 Å². The minimum Gasteiger partial charge on any atom is -0.369 e. The molecule has 29 heavy (non-hydrogen) atoms. The highest BCUT2D eigenvalue weighted by molar-refractivity contribution is 9.10. The fraction of sp³-hybridized carbons (Fsp3) is 0.190. The second kappa shape index (κ2) is 9.76. The van der Waals surface area contributed by atoms with Gasteiger partial charge in [-0.2, -0.15) is 0 Å². The number of carbonyl (C=O) groups excluding carboxylic acids is 2. The number of hydrogen-bond acceptors (Lipinski definition) is 4. The fourth-order valence-corrected chi connectivity index (χ4v) is 4.00. The van der Waals surface area contributed by atoms with E-state index >= 15 is 0 Å². The highest BCUT2D eigenvalue weighted by Crippen LogP contribution is 2.26. The van der Waals surface area contributed by atoms with Crippen molar-refractivity contribution < 1.29 is 14.0 Å². The van der Waals surface area contributed by atoms with Gasteiger partial charge in [0.25, 0.3) is 0 Å². The number of aromatic nitrogens is 1. The van der Waals surface area contributed by atoms with E-state index in [-0.39, 0.29) is 24.7 Å². The van der Waals surface area contributed by atoms with Crippen molar-refractivity contribution in [3.8, 4) is 10.6 Å². The van der Waals surface area contributed by atoms with Gasteiger partial charge in [0.2, 0.25) is 11.8 Å². The molecule has 0 aliphatic rings. The number of carbonyl (C=O) groups is 2. The Balaban J connectivity index is 1.55. The quantitative estimate of drug-likeness (QED) is 0.520. The number of amides is 2. The first-order chi connectivity index (χ1) is 13.9. The zero-order valence-electron chi connectivity index (χ0n) is 15.4. The van der Waals surface area contributed by atoms with E-state index in [4.69, 9.17) is 5.73 Å². The monoisotopic (exact) mass is 475 g/mol. The molecule has 0 saturated carbocycles. The Morgan fingerprint density at radius 1 is 1.21 bits per heavy atom. The smallest absolute Gasteiger partial charge is 0.226 e. The van der Waals surface area contributed by atoms with Crippen molar-refractivity contribution in [2.75, 3.05) is 6.54 Å². The predicted molar refractivity (Wildman–Crippen MR) is 115 cm³/mol. The van der Waals surface area contributed by atoms with E-state index in [0.717, 1.165) is 20.6 Å². The van der Waals surface area contributed by atoms with Crippen molar-refractivity contribution in [2.24, 2.45) is 11.7 Å². The molecule has 0 spiro atoms. The largest absolute Gasteiger partial charge is 0.369 e. The second-order valence-corrected chi connectivity index (χ2v) is 8.34. The van der Waals surface area contributed by atoms with Crippen molar-refractivity contribution in [1.82, 2.24) is 10.3 Å². The molecule has 1 atom stereocenters. The molecule has 0 radical (unpaired) electrons. The molecule has 3 aromatic rings. The van der Waals surface area contributed by atoms with Crippen LogP contribution in [0.1, 0.15) is 11.3 Å². The summed E-state index contributed by atoms with van der Waals surface area (Å²) in [4.78, 5) is 28.5. The van der Waals surface area contributed by atoms with Crippen molar-refractivity contribution in [3.05, 3.63) is 75.5 Å². The molecule has 1 heterocycles. The van der Waals surface area contributed by atoms with Crippen LogP contribution < -0.4 is 11.1 Å². The number of rotatable bonds is 8. The van der Waals surface area contributed by atoms with Gasteiger partial charge in [-0.3, -0.25) is 9.59 Å². The maximum absolute atomic E-state index is 13.0. The predicted octanol–water partition coefficient (Wildman–Crippen LogP) is 3.71. The first-order valence-electron chi connectivity index (χ1n) is 8.91. The molecule has 0 aliphatic heterocycles. The summed E-state index contributed by atoms with van der Waals surface area (Å²) >= 11 is 4.90. The molecule has 5 nitrogen and oxygen atoms in total. The average molecular weight is 476 g/mol. The van der Waals surface area contributed by atoms with Crippen LogP contribution in [-0.4, -0.2) is 23.3 Å². The topological polar surface area (TPSA) is 85.1 Å². The Morgan fingerprint density at radius 3 is 2.66 bits per heavy atom. The SMILES string of the molecule is NC(=O)C(CNC(=O)Cc1csc(-c2cccc(Br)c2)n1)Cc1ccc(F)cc1. The minimum atomic E-state index is -0.572. The molecule has 1 unspecified atom stereocenters. The van der Waals surface area contributed by atoms with Crippen LogP contribution >= 0.6 is 27.3 Å². The minimum absolute atomic E-state index is 0.118. The molecular weight excluding hydrogens is 457 g/mol. The zero-order valence-corrected chi connectivity index (χ0v) is 17.8. The van der Waals surface area contributed by atoms with Crippen LogP contribution in [0.2, 0.25) is 0 Å². The van der Waals surface area contributed by atoms with Gasteiger partial charge in [0.15, 0.2) is 0 Å². The van der Waals surface area contributed by atoms with E-state index < -0.39 is 11.8 Å². The van der Waals surface area contributed by atoms with Crippen molar-refractivity contribution in [2.45, 2.75) is 12.8 Å². The van der Waals surface area contributed by atoms with Crippen LogP contribution in [-0.2, 0) is 22.4 Å². The van der Waals surface area contributed by atoms with E-state index in [0.29, 0.717) is 12.1 Å². The summed E-state index contributed by atoms with van der Waals surface area (Å²) in [6.07, 6.45) is 0.451. The van der Waals surface area contributed by atoms with Crippen molar-refractivity contribution in [3.63, 3.8) is 0 Å². The van der Waals surface area contributed by atoms with Crippen LogP contribution in [0.5, 0.6) is 0 Å². The maximum Gasteiger partial charge on any atom is 0.226 e. The molecular formula is C21H19BrFN3O2S. The van der Waals surface area contributed by atoms with Gasteiger partial charge in [0.05, 0.1) is 18.0 Å². The van der Waals surface area contributed by atoms with E-state index in [1.807, 2.05) is 29.6 Å². The molecule has 2 amide bonds. The van der Waals surface area contributed by atoms with E-state index in [1.165, 1.54) is 23.5 Å². The van der Waals surface area contributed by atoms with Gasteiger partial charge in [0.1, 0.15) is 10.8 Å². The molecule has 0 fully saturated rings. The normalized spacial score (nSPS) is 11.8. The van der Waals surface area contributed by atoms with E-state index in [2.05, 4.69) is 26.2 Å². The summed E-state index contributed by atoms with van der Waals surface area (Å²) < 4.78 is 14.0. The zero-order chi connectivity index (χ0) is 20.8. The molecule has 8 heteroatoms. The lowest BCUT2D eigenvalue weighted by atomic mass is 9.98. The Kier molecular flexibility index (Phi) is 7.11. The Hall–Kier alpha value is -2.58. The molecule has 0 saturated heterocycles. The lowest BCUT2D eigenvalue weighted by Crippen LogP contribution is -2.37. The molecule has 0 aliphatic carbocycles. The highest BCUT2D eigenvalue weighted by Gasteiger charge is 2.18.